The largest absolute Gasteiger partial charge is 0.359 e. The number of aromatic nitrogens is 1. The summed E-state index contributed by atoms with van der Waals surface area (Å²) in [6.07, 6.45) is 3.22. The lowest BCUT2D eigenvalue weighted by molar-refractivity contribution is 0.187. The van der Waals surface area contributed by atoms with Gasteiger partial charge in [-0.25, -0.2) is 4.99 Å². The van der Waals surface area contributed by atoms with E-state index in [0.717, 1.165) is 49.4 Å². The first-order valence-electron chi connectivity index (χ1n) is 9.32. The summed E-state index contributed by atoms with van der Waals surface area (Å²) in [5, 5.41) is 10.9. The molecular weight excluding hydrogens is 302 g/mol. The Morgan fingerprint density at radius 1 is 1.38 bits per heavy atom. The molecule has 136 valence electrons. The van der Waals surface area contributed by atoms with Crippen LogP contribution in [0.4, 0.5) is 0 Å². The Morgan fingerprint density at radius 3 is 2.71 bits per heavy atom. The highest BCUT2D eigenvalue weighted by atomic mass is 16.5. The number of hydrogen-bond acceptors (Lipinski definition) is 4. The molecule has 2 rings (SSSR count). The van der Waals surface area contributed by atoms with E-state index in [1.54, 1.807) is 0 Å². The molecule has 2 N–H and O–H groups in total. The molecule has 0 radical (unpaired) electrons. The summed E-state index contributed by atoms with van der Waals surface area (Å²) in [6.45, 7) is 13.6. The fourth-order valence-corrected chi connectivity index (χ4v) is 3.04. The lowest BCUT2D eigenvalue weighted by Gasteiger charge is -2.33. The average molecular weight is 335 g/mol. The summed E-state index contributed by atoms with van der Waals surface area (Å²) in [7, 11) is 0. The molecular formula is C18H33N5O. The SMILES string of the molecule is CCNC(=NCc1cc(CC)no1)NC1CCN(CC(C)C)CC1. The Bertz CT molecular complexity index is 503. The van der Waals surface area contributed by atoms with Gasteiger partial charge in [0, 0.05) is 38.3 Å². The molecule has 1 fully saturated rings. The third kappa shape index (κ3) is 6.15. The Balaban J connectivity index is 1.83. The molecule has 0 unspecified atom stereocenters. The van der Waals surface area contributed by atoms with Crippen LogP contribution < -0.4 is 10.6 Å². The molecule has 0 aromatic carbocycles. The Labute approximate surface area is 146 Å². The second-order valence-corrected chi connectivity index (χ2v) is 6.95. The van der Waals surface area contributed by atoms with Crippen LogP contribution in [0.1, 0.15) is 52.0 Å². The Hall–Kier alpha value is -1.56. The van der Waals surface area contributed by atoms with Gasteiger partial charge >= 0.3 is 0 Å². The summed E-state index contributed by atoms with van der Waals surface area (Å²) in [4.78, 5) is 7.20. The molecule has 0 spiro atoms. The highest BCUT2D eigenvalue weighted by Gasteiger charge is 2.20. The second-order valence-electron chi connectivity index (χ2n) is 6.95. The molecule has 6 heteroatoms. The van der Waals surface area contributed by atoms with Gasteiger partial charge in [0.15, 0.2) is 11.7 Å². The molecule has 24 heavy (non-hydrogen) atoms. The van der Waals surface area contributed by atoms with Crippen molar-refractivity contribution in [3.8, 4) is 0 Å². The number of hydrogen-bond donors (Lipinski definition) is 2. The van der Waals surface area contributed by atoms with Gasteiger partial charge in [-0.15, -0.1) is 0 Å². The zero-order valence-corrected chi connectivity index (χ0v) is 15.6. The first-order chi connectivity index (χ1) is 11.6. The van der Waals surface area contributed by atoms with Gasteiger partial charge in [0.25, 0.3) is 0 Å². The van der Waals surface area contributed by atoms with E-state index in [-0.39, 0.29) is 0 Å². The van der Waals surface area contributed by atoms with Crippen molar-refractivity contribution in [2.45, 2.75) is 59.5 Å². The van der Waals surface area contributed by atoms with E-state index < -0.39 is 0 Å². The minimum absolute atomic E-state index is 0.493. The van der Waals surface area contributed by atoms with Crippen molar-refractivity contribution in [2.24, 2.45) is 10.9 Å². The van der Waals surface area contributed by atoms with Gasteiger partial charge in [-0.2, -0.15) is 0 Å². The zero-order valence-electron chi connectivity index (χ0n) is 15.6. The normalized spacial score (nSPS) is 17.5. The Kier molecular flexibility index (Phi) is 7.56. The van der Waals surface area contributed by atoms with E-state index in [1.807, 2.05) is 6.07 Å². The molecule has 1 saturated heterocycles. The molecule has 1 aliphatic rings. The number of aliphatic imine (C=N–C) groups is 1. The van der Waals surface area contributed by atoms with E-state index in [1.165, 1.54) is 19.4 Å². The second kappa shape index (κ2) is 9.67. The molecule has 1 aromatic heterocycles. The standard InChI is InChI=1S/C18H33N5O/c1-5-15-11-17(24-22-15)12-20-18(19-6-2)21-16-7-9-23(10-8-16)13-14(3)4/h11,14,16H,5-10,12-13H2,1-4H3,(H2,19,20,21). The van der Waals surface area contributed by atoms with E-state index in [9.17, 15) is 0 Å². The quantitative estimate of drug-likeness (QED) is 0.592. The first kappa shape index (κ1) is 18.8. The maximum atomic E-state index is 5.31. The van der Waals surface area contributed by atoms with Crippen molar-refractivity contribution in [1.29, 1.82) is 0 Å². The van der Waals surface area contributed by atoms with Gasteiger partial charge in [0.05, 0.1) is 5.69 Å². The highest BCUT2D eigenvalue weighted by Crippen LogP contribution is 2.12. The minimum Gasteiger partial charge on any atom is -0.359 e. The van der Waals surface area contributed by atoms with Gasteiger partial charge in [-0.1, -0.05) is 25.9 Å². The Morgan fingerprint density at radius 2 is 2.12 bits per heavy atom. The predicted molar refractivity (Wildman–Crippen MR) is 98.1 cm³/mol. The fraction of sp³-hybridized carbons (Fsp3) is 0.778. The highest BCUT2D eigenvalue weighted by molar-refractivity contribution is 5.80. The van der Waals surface area contributed by atoms with Crippen molar-refractivity contribution >= 4 is 5.96 Å². The van der Waals surface area contributed by atoms with Crippen LogP contribution in [-0.2, 0) is 13.0 Å². The van der Waals surface area contributed by atoms with Crippen LogP contribution >= 0.6 is 0 Å². The molecule has 1 aromatic rings. The maximum absolute atomic E-state index is 5.31. The van der Waals surface area contributed by atoms with Crippen LogP contribution in [0.3, 0.4) is 0 Å². The van der Waals surface area contributed by atoms with Crippen LogP contribution in [-0.4, -0.2) is 48.2 Å². The molecule has 6 nitrogen and oxygen atoms in total. The van der Waals surface area contributed by atoms with E-state index in [4.69, 9.17) is 4.52 Å². The lowest BCUT2D eigenvalue weighted by Crippen LogP contribution is -2.49. The molecule has 0 aliphatic carbocycles. The summed E-state index contributed by atoms with van der Waals surface area (Å²) in [5.74, 6) is 2.42. The number of aryl methyl sites for hydroxylation is 1. The molecule has 0 saturated carbocycles. The van der Waals surface area contributed by atoms with Crippen molar-refractivity contribution in [1.82, 2.24) is 20.7 Å². The van der Waals surface area contributed by atoms with E-state index >= 15 is 0 Å². The van der Waals surface area contributed by atoms with Crippen LogP contribution in [0.5, 0.6) is 0 Å². The smallest absolute Gasteiger partial charge is 0.191 e. The van der Waals surface area contributed by atoms with Crippen molar-refractivity contribution in [3.05, 3.63) is 17.5 Å². The van der Waals surface area contributed by atoms with Crippen LogP contribution in [0, 0.1) is 5.92 Å². The molecule has 1 aliphatic heterocycles. The topological polar surface area (TPSA) is 65.7 Å². The lowest BCUT2D eigenvalue weighted by atomic mass is 10.0. The summed E-state index contributed by atoms with van der Waals surface area (Å²) < 4.78 is 5.31. The van der Waals surface area contributed by atoms with Gasteiger partial charge in [0.2, 0.25) is 0 Å². The van der Waals surface area contributed by atoms with Crippen LogP contribution in [0.25, 0.3) is 0 Å². The van der Waals surface area contributed by atoms with Gasteiger partial charge in [-0.3, -0.25) is 0 Å². The van der Waals surface area contributed by atoms with Crippen molar-refractivity contribution in [3.63, 3.8) is 0 Å². The zero-order chi connectivity index (χ0) is 17.4. The average Bonchev–Trinajstić information content (AvgIpc) is 3.02. The molecule has 0 atom stereocenters. The fourth-order valence-electron chi connectivity index (χ4n) is 3.04. The van der Waals surface area contributed by atoms with E-state index in [2.05, 4.69) is 53.4 Å². The van der Waals surface area contributed by atoms with Gasteiger partial charge in [0.1, 0.15) is 6.54 Å². The molecule has 0 amide bonds. The summed E-state index contributed by atoms with van der Waals surface area (Å²) in [6, 6.07) is 2.48. The van der Waals surface area contributed by atoms with Crippen LogP contribution in [0.2, 0.25) is 0 Å². The van der Waals surface area contributed by atoms with Gasteiger partial charge < -0.3 is 20.1 Å². The van der Waals surface area contributed by atoms with Crippen molar-refractivity contribution in [2.75, 3.05) is 26.2 Å². The molecule has 2 heterocycles. The summed E-state index contributed by atoms with van der Waals surface area (Å²) in [5.41, 5.74) is 0.982. The maximum Gasteiger partial charge on any atom is 0.191 e. The predicted octanol–water partition coefficient (Wildman–Crippen LogP) is 2.41. The number of piperidine rings is 1. The van der Waals surface area contributed by atoms with Crippen molar-refractivity contribution < 1.29 is 4.52 Å². The van der Waals surface area contributed by atoms with E-state index in [0.29, 0.717) is 12.6 Å². The molecule has 0 bridgehead atoms. The number of guanidine groups is 1. The number of likely N-dealkylation sites (tertiary alicyclic amines) is 1. The first-order valence-corrected chi connectivity index (χ1v) is 9.32. The number of nitrogens with zero attached hydrogens (tertiary/aromatic N) is 3. The number of rotatable bonds is 7. The number of nitrogens with one attached hydrogen (secondary N) is 2. The van der Waals surface area contributed by atoms with Crippen LogP contribution in [0.15, 0.2) is 15.6 Å². The van der Waals surface area contributed by atoms with Gasteiger partial charge in [-0.05, 0) is 32.1 Å². The minimum atomic E-state index is 0.493. The monoisotopic (exact) mass is 335 g/mol. The summed E-state index contributed by atoms with van der Waals surface area (Å²) >= 11 is 0. The third-order valence-corrected chi connectivity index (χ3v) is 4.26. The third-order valence-electron chi connectivity index (χ3n) is 4.26.